The molecule has 0 unspecified atom stereocenters. The summed E-state index contributed by atoms with van der Waals surface area (Å²) in [4.78, 5) is 28.5. The van der Waals surface area contributed by atoms with E-state index in [0.717, 1.165) is 0 Å². The van der Waals surface area contributed by atoms with Crippen molar-refractivity contribution in [2.75, 3.05) is 6.61 Å². The Morgan fingerprint density at radius 3 is 2.50 bits per heavy atom. The van der Waals surface area contributed by atoms with Crippen molar-refractivity contribution in [2.45, 2.75) is 44.1 Å². The second-order valence-corrected chi connectivity index (χ2v) is 8.79. The number of nitrogens with zero attached hydrogens (tertiary/aromatic N) is 1. The number of rotatable bonds is 9. The molecular formula is C22H18F4N2O6. The lowest BCUT2D eigenvalue weighted by Crippen LogP contribution is -2.75. The molecule has 1 aromatic carbocycles. The van der Waals surface area contributed by atoms with Crippen molar-refractivity contribution in [3.05, 3.63) is 42.1 Å². The van der Waals surface area contributed by atoms with E-state index in [4.69, 9.17) is 4.74 Å². The molecule has 2 bridgehead atoms. The number of benzene rings is 1. The van der Waals surface area contributed by atoms with Gasteiger partial charge in [0.05, 0.1) is 0 Å². The van der Waals surface area contributed by atoms with Crippen LogP contribution in [0.15, 0.2) is 36.5 Å². The van der Waals surface area contributed by atoms with E-state index in [1.54, 1.807) is 0 Å². The third kappa shape index (κ3) is 4.31. The van der Waals surface area contributed by atoms with Gasteiger partial charge in [0.1, 0.15) is 5.75 Å². The van der Waals surface area contributed by atoms with E-state index in [2.05, 4.69) is 24.5 Å². The lowest BCUT2D eigenvalue weighted by atomic mass is 9.38. The molecule has 0 atom stereocenters. The summed E-state index contributed by atoms with van der Waals surface area (Å²) >= 11 is 0. The molecule has 6 rings (SSSR count). The summed E-state index contributed by atoms with van der Waals surface area (Å²) in [5.41, 5.74) is -0.282. The van der Waals surface area contributed by atoms with Crippen LogP contribution >= 0.6 is 0 Å². The Morgan fingerprint density at radius 2 is 1.82 bits per heavy atom. The van der Waals surface area contributed by atoms with Crippen LogP contribution < -0.4 is 24.3 Å². The van der Waals surface area contributed by atoms with E-state index < -0.39 is 12.9 Å². The number of fused-ring (bicyclic) bond motifs is 1. The predicted molar refractivity (Wildman–Crippen MR) is 105 cm³/mol. The van der Waals surface area contributed by atoms with Crippen molar-refractivity contribution in [1.82, 2.24) is 10.3 Å². The Balaban J connectivity index is 1.07. The number of nitrogens with one attached hydrogen (secondary N) is 1. The highest BCUT2D eigenvalue weighted by molar-refractivity contribution is 5.96. The number of carbonyl (C=O) groups excluding carboxylic acids is 2. The molecule has 3 fully saturated rings. The second-order valence-electron chi connectivity index (χ2n) is 8.79. The van der Waals surface area contributed by atoms with E-state index >= 15 is 0 Å². The second kappa shape index (κ2) is 7.74. The van der Waals surface area contributed by atoms with Crippen LogP contribution in [0.5, 0.6) is 23.1 Å². The standard InChI is InChI=1S/C22H18F4N2O6/c23-19(24)32-18-4-1-12(7-27-18)14(29)6-20-9-21(10-20,11-20)28-17(30)8-31-13-2-3-15-16(5-13)34-22(25,26)33-15/h1-5,7,19H,6,8-11H2,(H,28,30). The van der Waals surface area contributed by atoms with Gasteiger partial charge in [0.2, 0.25) is 5.88 Å². The van der Waals surface area contributed by atoms with Crippen LogP contribution in [0.25, 0.3) is 0 Å². The SMILES string of the molecule is O=C(COc1ccc2c(c1)OC(F)(F)O2)NC12CC(CC(=O)c3ccc(OC(F)F)nc3)(C1)C2. The van der Waals surface area contributed by atoms with Gasteiger partial charge in [-0.25, -0.2) is 4.98 Å². The largest absolute Gasteiger partial charge is 0.586 e. The minimum atomic E-state index is -3.73. The van der Waals surface area contributed by atoms with Gasteiger partial charge in [-0.15, -0.1) is 8.78 Å². The summed E-state index contributed by atoms with van der Waals surface area (Å²) in [5.74, 6) is -0.925. The number of hydrogen-bond donors (Lipinski definition) is 1. The van der Waals surface area contributed by atoms with E-state index in [1.807, 2.05) is 0 Å². The zero-order chi connectivity index (χ0) is 24.1. The van der Waals surface area contributed by atoms with Crippen LogP contribution in [-0.2, 0) is 4.79 Å². The molecule has 34 heavy (non-hydrogen) atoms. The summed E-state index contributed by atoms with van der Waals surface area (Å²) in [6.45, 7) is -3.31. The average Bonchev–Trinajstić information content (AvgIpc) is 3.02. The Labute approximate surface area is 190 Å². The highest BCUT2D eigenvalue weighted by atomic mass is 19.3. The van der Waals surface area contributed by atoms with Gasteiger partial charge in [0.15, 0.2) is 23.9 Å². The van der Waals surface area contributed by atoms with Gasteiger partial charge in [0, 0.05) is 35.9 Å². The van der Waals surface area contributed by atoms with Gasteiger partial charge in [0.25, 0.3) is 5.91 Å². The van der Waals surface area contributed by atoms with Gasteiger partial charge >= 0.3 is 12.9 Å². The molecule has 12 heteroatoms. The molecule has 2 heterocycles. The Bertz CT molecular complexity index is 1120. The van der Waals surface area contributed by atoms with Crippen LogP contribution in [0.3, 0.4) is 0 Å². The fourth-order valence-corrected chi connectivity index (χ4v) is 4.97. The molecule has 3 saturated carbocycles. The molecule has 2 aromatic rings. The number of ether oxygens (including phenoxy) is 4. The Morgan fingerprint density at radius 1 is 1.09 bits per heavy atom. The first kappa shape index (κ1) is 22.2. The Hall–Kier alpha value is -3.57. The Kier molecular flexibility index (Phi) is 5.06. The minimum absolute atomic E-state index is 0.122. The number of Topliss-reactive ketones (excluding diaryl/α,β-unsaturated/α-hetero) is 1. The van der Waals surface area contributed by atoms with E-state index in [0.29, 0.717) is 24.8 Å². The van der Waals surface area contributed by atoms with E-state index in [-0.39, 0.29) is 58.8 Å². The lowest BCUT2D eigenvalue weighted by molar-refractivity contribution is -0.286. The average molecular weight is 482 g/mol. The van der Waals surface area contributed by atoms with Gasteiger partial charge in [-0.05, 0) is 42.9 Å². The molecule has 1 aromatic heterocycles. The number of carbonyl (C=O) groups is 2. The zero-order valence-electron chi connectivity index (χ0n) is 17.5. The molecule has 8 nitrogen and oxygen atoms in total. The topological polar surface area (TPSA) is 96.0 Å². The van der Waals surface area contributed by atoms with Crippen molar-refractivity contribution < 1.29 is 46.1 Å². The summed E-state index contributed by atoms with van der Waals surface area (Å²) in [5, 5.41) is 2.91. The molecule has 3 aliphatic carbocycles. The van der Waals surface area contributed by atoms with Crippen molar-refractivity contribution in [3.8, 4) is 23.1 Å². The highest BCUT2D eigenvalue weighted by Crippen LogP contribution is 2.69. The molecule has 1 aliphatic heterocycles. The number of hydrogen-bond acceptors (Lipinski definition) is 7. The van der Waals surface area contributed by atoms with Gasteiger partial charge in [-0.2, -0.15) is 8.78 Å². The van der Waals surface area contributed by atoms with Crippen LogP contribution in [0.1, 0.15) is 36.0 Å². The third-order valence-electron chi connectivity index (χ3n) is 6.09. The fraction of sp³-hybridized carbons (Fsp3) is 0.409. The molecule has 0 radical (unpaired) electrons. The molecule has 0 saturated heterocycles. The third-order valence-corrected chi connectivity index (χ3v) is 6.09. The van der Waals surface area contributed by atoms with Crippen molar-refractivity contribution in [2.24, 2.45) is 5.41 Å². The quantitative estimate of drug-likeness (QED) is 0.430. The van der Waals surface area contributed by atoms with Crippen molar-refractivity contribution in [3.63, 3.8) is 0 Å². The van der Waals surface area contributed by atoms with E-state index in [9.17, 15) is 27.2 Å². The van der Waals surface area contributed by atoms with Crippen molar-refractivity contribution in [1.29, 1.82) is 0 Å². The predicted octanol–water partition coefficient (Wildman–Crippen LogP) is 3.70. The molecule has 1 N–H and O–H groups in total. The van der Waals surface area contributed by atoms with Crippen molar-refractivity contribution >= 4 is 11.7 Å². The normalized spacial score (nSPS) is 25.2. The summed E-state index contributed by atoms with van der Waals surface area (Å²) < 4.78 is 68.7. The molecular weight excluding hydrogens is 464 g/mol. The number of aromatic nitrogens is 1. The first-order valence-corrected chi connectivity index (χ1v) is 10.3. The monoisotopic (exact) mass is 482 g/mol. The van der Waals surface area contributed by atoms with Crippen LogP contribution in [0.2, 0.25) is 0 Å². The summed E-state index contributed by atoms with van der Waals surface area (Å²) in [6.07, 6.45) is -0.358. The van der Waals surface area contributed by atoms with Crippen LogP contribution in [-0.4, -0.2) is 41.7 Å². The molecule has 180 valence electrons. The molecule has 1 amide bonds. The summed E-state index contributed by atoms with van der Waals surface area (Å²) in [6, 6.07) is 6.48. The maximum absolute atomic E-state index is 13.1. The number of ketones is 1. The maximum atomic E-state index is 13.1. The first-order chi connectivity index (χ1) is 16.0. The molecule has 0 spiro atoms. The number of pyridine rings is 1. The van der Waals surface area contributed by atoms with Gasteiger partial charge in [-0.1, -0.05) is 0 Å². The number of amides is 1. The maximum Gasteiger partial charge on any atom is 0.586 e. The molecule has 4 aliphatic rings. The smallest absolute Gasteiger partial charge is 0.484 e. The highest BCUT2D eigenvalue weighted by Gasteiger charge is 2.68. The van der Waals surface area contributed by atoms with E-state index in [1.165, 1.54) is 36.5 Å². The number of alkyl halides is 4. The van der Waals surface area contributed by atoms with Gasteiger partial charge in [-0.3, -0.25) is 9.59 Å². The van der Waals surface area contributed by atoms with Gasteiger partial charge < -0.3 is 24.3 Å². The summed E-state index contributed by atoms with van der Waals surface area (Å²) in [7, 11) is 0. The zero-order valence-corrected chi connectivity index (χ0v) is 17.5. The first-order valence-electron chi connectivity index (χ1n) is 10.3. The minimum Gasteiger partial charge on any atom is -0.484 e. The lowest BCUT2D eigenvalue weighted by Gasteiger charge is -2.70. The fourth-order valence-electron chi connectivity index (χ4n) is 4.97. The van der Waals surface area contributed by atoms with Crippen LogP contribution in [0, 0.1) is 5.41 Å². The van der Waals surface area contributed by atoms with Crippen LogP contribution in [0.4, 0.5) is 17.6 Å². The number of halogens is 4.